The summed E-state index contributed by atoms with van der Waals surface area (Å²) in [5, 5.41) is 27.5. The van der Waals surface area contributed by atoms with Gasteiger partial charge in [-0.15, -0.1) is 10.2 Å². The molecule has 96 valence electrons. The Balaban J connectivity index is 1.96. The fourth-order valence-corrected chi connectivity index (χ4v) is 1.82. The van der Waals surface area contributed by atoms with Crippen molar-refractivity contribution in [2.24, 2.45) is 0 Å². The third kappa shape index (κ3) is 2.18. The number of benzene rings is 1. The van der Waals surface area contributed by atoms with E-state index in [9.17, 15) is 0 Å². The molecule has 7 heteroatoms. The van der Waals surface area contributed by atoms with Crippen LogP contribution in [0.25, 0.3) is 16.3 Å². The monoisotopic (exact) mass is 263 g/mol. The highest BCUT2D eigenvalue weighted by Crippen LogP contribution is 2.22. The molecule has 0 amide bonds. The molecule has 2 aromatic heterocycles. The molecule has 0 unspecified atom stereocenters. The number of tetrazole rings is 1. The molecule has 0 aliphatic carbocycles. The number of anilines is 1. The van der Waals surface area contributed by atoms with Crippen molar-refractivity contribution in [3.8, 4) is 6.07 Å². The zero-order valence-corrected chi connectivity index (χ0v) is 10.3. The summed E-state index contributed by atoms with van der Waals surface area (Å²) in [4.78, 5) is 4.08. The smallest absolute Gasteiger partial charge is 0.216 e. The highest BCUT2D eigenvalue weighted by atomic mass is 15.5. The van der Waals surface area contributed by atoms with Gasteiger partial charge < -0.3 is 5.32 Å². The molecule has 2 N–H and O–H groups in total. The van der Waals surface area contributed by atoms with E-state index in [1.54, 1.807) is 18.6 Å². The summed E-state index contributed by atoms with van der Waals surface area (Å²) < 4.78 is 0. The molecule has 0 aliphatic rings. The zero-order valence-electron chi connectivity index (χ0n) is 10.3. The van der Waals surface area contributed by atoms with Gasteiger partial charge in [0.15, 0.2) is 0 Å². The molecular formula is C13H9N7. The number of allylic oxidation sites excluding steroid dienone is 1. The van der Waals surface area contributed by atoms with Crippen LogP contribution in [-0.2, 0) is 0 Å². The van der Waals surface area contributed by atoms with E-state index >= 15 is 0 Å². The minimum Gasteiger partial charge on any atom is -0.360 e. The molecule has 2 heterocycles. The van der Waals surface area contributed by atoms with Crippen LogP contribution in [0.3, 0.4) is 0 Å². The standard InChI is InChI=1S/C13H9N7/c14-6-10(13-17-19-20-18-13)8-16-12-3-1-2-9-7-15-5-4-11(9)12/h1-5,7-8,16H,(H,17,18,19,20). The summed E-state index contributed by atoms with van der Waals surface area (Å²) >= 11 is 0. The number of nitriles is 1. The van der Waals surface area contributed by atoms with Gasteiger partial charge in [0.25, 0.3) is 0 Å². The van der Waals surface area contributed by atoms with Crippen molar-refractivity contribution in [3.05, 3.63) is 48.7 Å². The Bertz CT molecular complexity index is 794. The summed E-state index contributed by atoms with van der Waals surface area (Å²) in [6.07, 6.45) is 5.07. The second-order valence-electron chi connectivity index (χ2n) is 3.95. The maximum Gasteiger partial charge on any atom is 0.216 e. The highest BCUT2D eigenvalue weighted by Gasteiger charge is 2.06. The van der Waals surface area contributed by atoms with E-state index in [0.29, 0.717) is 5.57 Å². The Labute approximate surface area is 114 Å². The lowest BCUT2D eigenvalue weighted by molar-refractivity contribution is 0.881. The predicted molar refractivity (Wildman–Crippen MR) is 73.1 cm³/mol. The Morgan fingerprint density at radius 1 is 1.35 bits per heavy atom. The Hall–Kier alpha value is -3.27. The van der Waals surface area contributed by atoms with E-state index < -0.39 is 0 Å². The van der Waals surface area contributed by atoms with Crippen molar-refractivity contribution in [2.45, 2.75) is 0 Å². The Kier molecular flexibility index (Phi) is 3.04. The lowest BCUT2D eigenvalue weighted by Crippen LogP contribution is -1.94. The molecule has 3 aromatic rings. The van der Waals surface area contributed by atoms with Crippen molar-refractivity contribution in [2.75, 3.05) is 5.32 Å². The lowest BCUT2D eigenvalue weighted by Gasteiger charge is -2.05. The first-order chi connectivity index (χ1) is 9.88. The minimum absolute atomic E-state index is 0.252. The molecule has 0 saturated heterocycles. The van der Waals surface area contributed by atoms with Crippen molar-refractivity contribution in [3.63, 3.8) is 0 Å². The van der Waals surface area contributed by atoms with Crippen LogP contribution in [0.5, 0.6) is 0 Å². The normalized spacial score (nSPS) is 11.2. The maximum atomic E-state index is 9.10. The number of hydrogen-bond donors (Lipinski definition) is 2. The van der Waals surface area contributed by atoms with Crippen LogP contribution < -0.4 is 5.32 Å². The topological polar surface area (TPSA) is 103 Å². The number of pyridine rings is 1. The summed E-state index contributed by atoms with van der Waals surface area (Å²) in [5.74, 6) is 0.252. The van der Waals surface area contributed by atoms with Gasteiger partial charge in [-0.1, -0.05) is 12.1 Å². The first-order valence-corrected chi connectivity index (χ1v) is 5.82. The van der Waals surface area contributed by atoms with Gasteiger partial charge in [-0.2, -0.15) is 10.5 Å². The van der Waals surface area contributed by atoms with Gasteiger partial charge in [-0.05, 0) is 17.3 Å². The number of aromatic nitrogens is 5. The average molecular weight is 263 g/mol. The number of H-pyrrole nitrogens is 1. The summed E-state index contributed by atoms with van der Waals surface area (Å²) in [6.45, 7) is 0. The van der Waals surface area contributed by atoms with E-state index in [-0.39, 0.29) is 5.82 Å². The quantitative estimate of drug-likeness (QED) is 0.697. The molecule has 7 nitrogen and oxygen atoms in total. The van der Waals surface area contributed by atoms with E-state index in [1.165, 1.54) is 0 Å². The second-order valence-corrected chi connectivity index (χ2v) is 3.95. The molecule has 1 aromatic carbocycles. The van der Waals surface area contributed by atoms with E-state index in [2.05, 4.69) is 30.9 Å². The number of aromatic amines is 1. The molecule has 0 radical (unpaired) electrons. The van der Waals surface area contributed by atoms with Crippen molar-refractivity contribution < 1.29 is 0 Å². The third-order valence-corrected chi connectivity index (χ3v) is 2.76. The van der Waals surface area contributed by atoms with Crippen molar-refractivity contribution in [1.29, 1.82) is 5.26 Å². The van der Waals surface area contributed by atoms with Crippen LogP contribution in [-0.4, -0.2) is 25.6 Å². The Morgan fingerprint density at radius 2 is 2.30 bits per heavy atom. The SMILES string of the molecule is N#CC(=CNc1cccc2cnccc12)c1nn[nH]n1. The van der Waals surface area contributed by atoms with Gasteiger partial charge in [0, 0.05) is 35.1 Å². The summed E-state index contributed by atoms with van der Waals surface area (Å²) in [7, 11) is 0. The number of nitrogens with one attached hydrogen (secondary N) is 2. The second kappa shape index (κ2) is 5.16. The lowest BCUT2D eigenvalue weighted by atomic mass is 10.1. The predicted octanol–water partition coefficient (Wildman–Crippen LogP) is 1.72. The first kappa shape index (κ1) is 11.8. The van der Waals surface area contributed by atoms with Crippen LogP contribution in [0.2, 0.25) is 0 Å². The Morgan fingerprint density at radius 3 is 3.10 bits per heavy atom. The molecule has 0 spiro atoms. The zero-order chi connectivity index (χ0) is 13.8. The molecule has 0 atom stereocenters. The van der Waals surface area contributed by atoms with E-state index in [1.807, 2.05) is 30.3 Å². The minimum atomic E-state index is 0.252. The van der Waals surface area contributed by atoms with Crippen LogP contribution in [0, 0.1) is 11.3 Å². The van der Waals surface area contributed by atoms with Gasteiger partial charge in [0.05, 0.1) is 0 Å². The molecule has 0 bridgehead atoms. The van der Waals surface area contributed by atoms with E-state index in [0.717, 1.165) is 16.5 Å². The number of nitrogens with zero attached hydrogens (tertiary/aromatic N) is 5. The van der Waals surface area contributed by atoms with Crippen LogP contribution >= 0.6 is 0 Å². The molecule has 0 aliphatic heterocycles. The number of fused-ring (bicyclic) bond motifs is 1. The molecule has 0 fully saturated rings. The van der Waals surface area contributed by atoms with Crippen LogP contribution in [0.4, 0.5) is 5.69 Å². The first-order valence-electron chi connectivity index (χ1n) is 5.82. The fraction of sp³-hybridized carbons (Fsp3) is 0. The van der Waals surface area contributed by atoms with Gasteiger partial charge in [0.2, 0.25) is 5.82 Å². The number of hydrogen-bond acceptors (Lipinski definition) is 6. The molecule has 20 heavy (non-hydrogen) atoms. The largest absolute Gasteiger partial charge is 0.360 e. The van der Waals surface area contributed by atoms with Gasteiger partial charge >= 0.3 is 0 Å². The molecule has 0 saturated carbocycles. The van der Waals surface area contributed by atoms with Gasteiger partial charge in [-0.3, -0.25) is 4.98 Å². The summed E-state index contributed by atoms with van der Waals surface area (Å²) in [6, 6.07) is 9.74. The van der Waals surface area contributed by atoms with Gasteiger partial charge in [0.1, 0.15) is 11.6 Å². The molecular weight excluding hydrogens is 254 g/mol. The van der Waals surface area contributed by atoms with E-state index in [4.69, 9.17) is 5.26 Å². The fourth-order valence-electron chi connectivity index (χ4n) is 1.82. The highest BCUT2D eigenvalue weighted by molar-refractivity contribution is 5.94. The maximum absolute atomic E-state index is 9.10. The average Bonchev–Trinajstić information content (AvgIpc) is 3.02. The van der Waals surface area contributed by atoms with Crippen LogP contribution in [0.15, 0.2) is 42.9 Å². The van der Waals surface area contributed by atoms with Crippen LogP contribution in [0.1, 0.15) is 5.82 Å². The third-order valence-electron chi connectivity index (χ3n) is 2.76. The van der Waals surface area contributed by atoms with Crippen molar-refractivity contribution >= 4 is 22.0 Å². The van der Waals surface area contributed by atoms with Crippen molar-refractivity contribution in [1.82, 2.24) is 25.6 Å². The summed E-state index contributed by atoms with van der Waals surface area (Å²) in [5.41, 5.74) is 1.17. The number of rotatable bonds is 3. The van der Waals surface area contributed by atoms with Gasteiger partial charge in [-0.25, -0.2) is 0 Å². The molecule has 3 rings (SSSR count).